The number of amides is 1. The van der Waals surface area contributed by atoms with Gasteiger partial charge in [0.05, 0.1) is 24.1 Å². The number of carbonyl (C=O) groups excluding carboxylic acids is 1. The van der Waals surface area contributed by atoms with Crippen molar-refractivity contribution in [2.24, 2.45) is 0 Å². The minimum absolute atomic E-state index is 0.0126. The summed E-state index contributed by atoms with van der Waals surface area (Å²) in [5.41, 5.74) is 0.129. The Morgan fingerprint density at radius 1 is 1.04 bits per heavy atom. The van der Waals surface area contributed by atoms with Gasteiger partial charge in [-0.25, -0.2) is 8.42 Å². The van der Waals surface area contributed by atoms with Gasteiger partial charge in [0.2, 0.25) is 0 Å². The van der Waals surface area contributed by atoms with Crippen LogP contribution in [-0.4, -0.2) is 40.8 Å². The third kappa shape index (κ3) is 4.73. The van der Waals surface area contributed by atoms with E-state index in [4.69, 9.17) is 9.47 Å². The molecule has 0 radical (unpaired) electrons. The predicted molar refractivity (Wildman–Crippen MR) is 90.4 cm³/mol. The van der Waals surface area contributed by atoms with Gasteiger partial charge in [-0.1, -0.05) is 12.1 Å². The lowest BCUT2D eigenvalue weighted by Gasteiger charge is -2.10. The van der Waals surface area contributed by atoms with Gasteiger partial charge in [-0.05, 0) is 36.4 Å². The number of hydrogen-bond donors (Lipinski definition) is 1. The number of rotatable bonds is 7. The maximum absolute atomic E-state index is 12.2. The van der Waals surface area contributed by atoms with Gasteiger partial charge in [-0.3, -0.25) is 4.79 Å². The van der Waals surface area contributed by atoms with Gasteiger partial charge in [0.1, 0.15) is 18.1 Å². The second-order valence-corrected chi connectivity index (χ2v) is 7.03. The molecule has 1 N–H and O–H groups in total. The maximum Gasteiger partial charge on any atom is 0.252 e. The average molecular weight is 349 g/mol. The van der Waals surface area contributed by atoms with Crippen LogP contribution in [0.4, 0.5) is 0 Å². The summed E-state index contributed by atoms with van der Waals surface area (Å²) in [5.74, 6) is 0.934. The Balaban J connectivity index is 1.90. The first-order valence-electron chi connectivity index (χ1n) is 7.26. The van der Waals surface area contributed by atoms with Crippen LogP contribution in [0.25, 0.3) is 0 Å². The molecule has 0 unspecified atom stereocenters. The molecule has 1 amide bonds. The predicted octanol–water partition coefficient (Wildman–Crippen LogP) is 1.91. The van der Waals surface area contributed by atoms with Crippen molar-refractivity contribution in [2.45, 2.75) is 4.90 Å². The summed E-state index contributed by atoms with van der Waals surface area (Å²) in [4.78, 5) is 12.2. The van der Waals surface area contributed by atoms with Crippen molar-refractivity contribution in [3.8, 4) is 11.5 Å². The molecule has 6 nitrogen and oxygen atoms in total. The van der Waals surface area contributed by atoms with E-state index in [-0.39, 0.29) is 23.6 Å². The Bertz CT molecular complexity index is 800. The summed E-state index contributed by atoms with van der Waals surface area (Å²) in [5, 5.41) is 2.65. The van der Waals surface area contributed by atoms with Gasteiger partial charge < -0.3 is 14.8 Å². The Hall–Kier alpha value is -2.54. The van der Waals surface area contributed by atoms with Crippen molar-refractivity contribution in [2.75, 3.05) is 26.5 Å². The minimum Gasteiger partial charge on any atom is -0.497 e. The van der Waals surface area contributed by atoms with Crippen LogP contribution >= 0.6 is 0 Å². The first-order valence-corrected chi connectivity index (χ1v) is 9.15. The van der Waals surface area contributed by atoms with E-state index in [0.717, 1.165) is 12.0 Å². The molecular weight excluding hydrogens is 330 g/mol. The standard InChI is InChI=1S/C17H19NO5S/c1-22-13-7-9-14(10-8-13)23-12-11-18-17(19)15-5-3-4-6-16(15)24(2,20)21/h3-10H,11-12H2,1-2H3,(H,18,19). The number of methoxy groups -OCH3 is 1. The van der Waals surface area contributed by atoms with Crippen molar-refractivity contribution < 1.29 is 22.7 Å². The zero-order valence-corrected chi connectivity index (χ0v) is 14.3. The highest BCUT2D eigenvalue weighted by Gasteiger charge is 2.17. The number of carbonyl (C=O) groups is 1. The van der Waals surface area contributed by atoms with Crippen LogP contribution in [-0.2, 0) is 9.84 Å². The molecule has 7 heteroatoms. The van der Waals surface area contributed by atoms with Gasteiger partial charge in [0, 0.05) is 6.26 Å². The second-order valence-electron chi connectivity index (χ2n) is 5.05. The fraction of sp³-hybridized carbons (Fsp3) is 0.235. The molecule has 0 bridgehead atoms. The normalized spacial score (nSPS) is 10.9. The number of nitrogens with one attached hydrogen (secondary N) is 1. The summed E-state index contributed by atoms with van der Waals surface area (Å²) in [6.45, 7) is 0.516. The fourth-order valence-corrected chi connectivity index (χ4v) is 2.96. The Labute approximate surface area is 141 Å². The summed E-state index contributed by atoms with van der Waals surface area (Å²) in [7, 11) is -1.88. The summed E-state index contributed by atoms with van der Waals surface area (Å²) in [6, 6.07) is 13.2. The fourth-order valence-electron chi connectivity index (χ4n) is 2.08. The molecule has 0 saturated carbocycles. The van der Waals surface area contributed by atoms with Crippen molar-refractivity contribution in [1.82, 2.24) is 5.32 Å². The molecular formula is C17H19NO5S. The molecule has 24 heavy (non-hydrogen) atoms. The summed E-state index contributed by atoms with van der Waals surface area (Å²) >= 11 is 0. The van der Waals surface area contributed by atoms with Crippen LogP contribution in [0.1, 0.15) is 10.4 Å². The molecule has 0 fully saturated rings. The SMILES string of the molecule is COc1ccc(OCCNC(=O)c2ccccc2S(C)(=O)=O)cc1. The summed E-state index contributed by atoms with van der Waals surface area (Å²) in [6.07, 6.45) is 1.08. The van der Waals surface area contributed by atoms with E-state index in [0.29, 0.717) is 5.75 Å². The minimum atomic E-state index is -3.46. The molecule has 0 aliphatic heterocycles. The van der Waals surface area contributed by atoms with Gasteiger partial charge >= 0.3 is 0 Å². The third-order valence-electron chi connectivity index (χ3n) is 3.25. The Morgan fingerprint density at radius 3 is 2.29 bits per heavy atom. The average Bonchev–Trinajstić information content (AvgIpc) is 2.58. The first kappa shape index (κ1) is 17.8. The van der Waals surface area contributed by atoms with E-state index < -0.39 is 15.7 Å². The first-order chi connectivity index (χ1) is 11.4. The number of ether oxygens (including phenoxy) is 2. The van der Waals surface area contributed by atoms with Gasteiger partial charge in [0.15, 0.2) is 9.84 Å². The van der Waals surface area contributed by atoms with Crippen LogP contribution in [0.3, 0.4) is 0 Å². The lowest BCUT2D eigenvalue weighted by atomic mass is 10.2. The zero-order valence-electron chi connectivity index (χ0n) is 13.5. The van der Waals surface area contributed by atoms with Crippen LogP contribution in [0.2, 0.25) is 0 Å². The summed E-state index contributed by atoms with van der Waals surface area (Å²) < 4.78 is 34.0. The molecule has 0 heterocycles. The molecule has 2 aromatic rings. The number of sulfone groups is 1. The smallest absolute Gasteiger partial charge is 0.252 e. The lowest BCUT2D eigenvalue weighted by molar-refractivity contribution is 0.0943. The molecule has 0 aliphatic carbocycles. The molecule has 0 atom stereocenters. The zero-order chi connectivity index (χ0) is 17.6. The topological polar surface area (TPSA) is 81.7 Å². The number of benzene rings is 2. The third-order valence-corrected chi connectivity index (χ3v) is 4.40. The Morgan fingerprint density at radius 2 is 1.67 bits per heavy atom. The van der Waals surface area contributed by atoms with Crippen LogP contribution in [0, 0.1) is 0 Å². The van der Waals surface area contributed by atoms with Crippen LogP contribution in [0.5, 0.6) is 11.5 Å². The largest absolute Gasteiger partial charge is 0.497 e. The van der Waals surface area contributed by atoms with E-state index in [1.54, 1.807) is 43.5 Å². The van der Waals surface area contributed by atoms with Crippen molar-refractivity contribution in [3.05, 3.63) is 54.1 Å². The van der Waals surface area contributed by atoms with E-state index in [1.165, 1.54) is 12.1 Å². The highest BCUT2D eigenvalue weighted by molar-refractivity contribution is 7.90. The molecule has 128 valence electrons. The maximum atomic E-state index is 12.2. The van der Waals surface area contributed by atoms with Crippen molar-refractivity contribution >= 4 is 15.7 Å². The quantitative estimate of drug-likeness (QED) is 0.772. The van der Waals surface area contributed by atoms with Crippen LogP contribution in [0.15, 0.2) is 53.4 Å². The van der Waals surface area contributed by atoms with Gasteiger partial charge in [-0.2, -0.15) is 0 Å². The van der Waals surface area contributed by atoms with E-state index in [9.17, 15) is 13.2 Å². The molecule has 2 rings (SSSR count). The van der Waals surface area contributed by atoms with E-state index in [2.05, 4.69) is 5.32 Å². The lowest BCUT2D eigenvalue weighted by Crippen LogP contribution is -2.29. The molecule has 0 aromatic heterocycles. The van der Waals surface area contributed by atoms with Crippen molar-refractivity contribution in [3.63, 3.8) is 0 Å². The molecule has 0 spiro atoms. The second kappa shape index (κ2) is 7.83. The molecule has 0 aliphatic rings. The molecule has 2 aromatic carbocycles. The highest BCUT2D eigenvalue weighted by Crippen LogP contribution is 2.17. The highest BCUT2D eigenvalue weighted by atomic mass is 32.2. The number of hydrogen-bond acceptors (Lipinski definition) is 5. The van der Waals surface area contributed by atoms with Gasteiger partial charge in [-0.15, -0.1) is 0 Å². The Kier molecular flexibility index (Phi) is 5.81. The van der Waals surface area contributed by atoms with Crippen LogP contribution < -0.4 is 14.8 Å². The van der Waals surface area contributed by atoms with Gasteiger partial charge in [0.25, 0.3) is 5.91 Å². The van der Waals surface area contributed by atoms with Crippen molar-refractivity contribution in [1.29, 1.82) is 0 Å². The molecule has 0 saturated heterocycles. The van der Waals surface area contributed by atoms with E-state index in [1.807, 2.05) is 0 Å². The monoisotopic (exact) mass is 349 g/mol. The van der Waals surface area contributed by atoms with E-state index >= 15 is 0 Å².